The molecule has 0 spiro atoms. The first-order chi connectivity index (χ1) is 4.20. The molecule has 0 radical (unpaired) electrons. The van der Waals surface area contributed by atoms with Gasteiger partial charge in [0.05, 0.1) is 0 Å². The average Bonchev–Trinajstić information content (AvgIpc) is 1.82. The van der Waals surface area contributed by atoms with Crippen LogP contribution in [0.4, 0.5) is 0 Å². The molecule has 2 nitrogen and oxygen atoms in total. The molecule has 0 bridgehead atoms. The summed E-state index contributed by atoms with van der Waals surface area (Å²) in [5.74, 6) is 0.696. The monoisotopic (exact) mass is 148 g/mol. The average molecular weight is 148 g/mol. The van der Waals surface area contributed by atoms with E-state index in [1.54, 1.807) is 14.2 Å². The van der Waals surface area contributed by atoms with Gasteiger partial charge in [-0.15, -0.1) is 0 Å². The Morgan fingerprint density at radius 2 is 1.67 bits per heavy atom. The van der Waals surface area contributed by atoms with Crippen LogP contribution in [0.3, 0.4) is 0 Å². The molecular weight excluding hydrogens is 132 g/mol. The second-order valence-corrected chi connectivity index (χ2v) is 4.80. The van der Waals surface area contributed by atoms with Crippen LogP contribution < -0.4 is 0 Å². The van der Waals surface area contributed by atoms with Gasteiger partial charge in [-0.25, -0.2) is 0 Å². The molecule has 0 aromatic heterocycles. The fourth-order valence-corrected chi connectivity index (χ4v) is 2.02. The van der Waals surface area contributed by atoms with Gasteiger partial charge in [-0.3, -0.25) is 0 Å². The van der Waals surface area contributed by atoms with Crippen LogP contribution in [0.25, 0.3) is 0 Å². The summed E-state index contributed by atoms with van der Waals surface area (Å²) >= 11 is 0. The summed E-state index contributed by atoms with van der Waals surface area (Å²) in [6.45, 7) is 4.36. The second kappa shape index (κ2) is 4.96. The molecule has 0 saturated carbocycles. The van der Waals surface area contributed by atoms with Gasteiger partial charge in [-0.1, -0.05) is 13.8 Å². The van der Waals surface area contributed by atoms with Crippen molar-refractivity contribution in [2.45, 2.75) is 19.9 Å². The van der Waals surface area contributed by atoms with Gasteiger partial charge in [-0.2, -0.15) is 0 Å². The lowest BCUT2D eigenvalue weighted by Gasteiger charge is -2.12. The number of hydrogen-bond acceptors (Lipinski definition) is 2. The Kier molecular flexibility index (Phi) is 5.04. The first kappa shape index (κ1) is 9.14. The SMILES string of the molecule is CO[SiH](CC(C)C)OC. The third-order valence-electron chi connectivity index (χ3n) is 1.19. The Balaban J connectivity index is 3.31. The van der Waals surface area contributed by atoms with E-state index in [9.17, 15) is 0 Å². The van der Waals surface area contributed by atoms with E-state index in [2.05, 4.69) is 13.8 Å². The molecule has 3 heteroatoms. The van der Waals surface area contributed by atoms with Crippen LogP contribution in [0.2, 0.25) is 6.04 Å². The van der Waals surface area contributed by atoms with Gasteiger partial charge >= 0.3 is 9.28 Å². The van der Waals surface area contributed by atoms with E-state index in [1.807, 2.05) is 0 Å². The van der Waals surface area contributed by atoms with Crippen molar-refractivity contribution in [3.63, 3.8) is 0 Å². The molecule has 0 N–H and O–H groups in total. The molecule has 0 heterocycles. The Morgan fingerprint density at radius 3 is 1.78 bits per heavy atom. The van der Waals surface area contributed by atoms with Gasteiger partial charge in [0.25, 0.3) is 0 Å². The molecule has 0 rings (SSSR count). The van der Waals surface area contributed by atoms with E-state index in [0.29, 0.717) is 5.92 Å². The lowest BCUT2D eigenvalue weighted by atomic mass is 10.3. The van der Waals surface area contributed by atoms with Crippen LogP contribution in [0.5, 0.6) is 0 Å². The van der Waals surface area contributed by atoms with Crippen molar-refractivity contribution >= 4 is 9.28 Å². The van der Waals surface area contributed by atoms with E-state index in [0.717, 1.165) is 6.04 Å². The highest BCUT2D eigenvalue weighted by atomic mass is 28.3. The maximum atomic E-state index is 5.13. The van der Waals surface area contributed by atoms with Crippen molar-refractivity contribution < 1.29 is 8.85 Å². The van der Waals surface area contributed by atoms with Crippen LogP contribution in [0, 0.1) is 5.92 Å². The van der Waals surface area contributed by atoms with Crippen LogP contribution in [-0.4, -0.2) is 23.5 Å². The summed E-state index contributed by atoms with van der Waals surface area (Å²) in [6.07, 6.45) is 0. The Morgan fingerprint density at radius 1 is 1.22 bits per heavy atom. The van der Waals surface area contributed by atoms with Gasteiger partial charge in [-0.05, 0) is 12.0 Å². The highest BCUT2D eigenvalue weighted by Crippen LogP contribution is 2.05. The van der Waals surface area contributed by atoms with E-state index in [1.165, 1.54) is 0 Å². The minimum atomic E-state index is -1.25. The first-order valence-electron chi connectivity index (χ1n) is 3.26. The fraction of sp³-hybridized carbons (Fsp3) is 1.00. The van der Waals surface area contributed by atoms with Crippen molar-refractivity contribution in [1.29, 1.82) is 0 Å². The second-order valence-electron chi connectivity index (χ2n) is 2.53. The molecule has 0 fully saturated rings. The summed E-state index contributed by atoms with van der Waals surface area (Å²) in [4.78, 5) is 0. The molecule has 0 aliphatic rings. The van der Waals surface area contributed by atoms with Crippen LogP contribution in [0.1, 0.15) is 13.8 Å². The van der Waals surface area contributed by atoms with Crippen LogP contribution >= 0.6 is 0 Å². The van der Waals surface area contributed by atoms with E-state index >= 15 is 0 Å². The first-order valence-corrected chi connectivity index (χ1v) is 5.02. The molecule has 0 aromatic carbocycles. The van der Waals surface area contributed by atoms with Crippen molar-refractivity contribution in [3.05, 3.63) is 0 Å². The largest absolute Gasteiger partial charge is 0.400 e. The summed E-state index contributed by atoms with van der Waals surface area (Å²) in [7, 11) is 2.20. The molecule has 0 saturated heterocycles. The minimum absolute atomic E-state index is 0.696. The van der Waals surface area contributed by atoms with Crippen LogP contribution in [-0.2, 0) is 8.85 Å². The summed E-state index contributed by atoms with van der Waals surface area (Å²) in [5, 5.41) is 0. The zero-order chi connectivity index (χ0) is 7.28. The molecular formula is C6H16O2Si. The molecule has 0 aliphatic carbocycles. The number of rotatable bonds is 4. The Labute approximate surface area is 59.0 Å². The fourth-order valence-electron chi connectivity index (χ4n) is 0.674. The van der Waals surface area contributed by atoms with Gasteiger partial charge in [0, 0.05) is 14.2 Å². The van der Waals surface area contributed by atoms with Crippen molar-refractivity contribution in [1.82, 2.24) is 0 Å². The summed E-state index contributed by atoms with van der Waals surface area (Å²) < 4.78 is 10.3. The van der Waals surface area contributed by atoms with Gasteiger partial charge < -0.3 is 8.85 Å². The van der Waals surface area contributed by atoms with E-state index < -0.39 is 9.28 Å². The maximum absolute atomic E-state index is 5.13. The van der Waals surface area contributed by atoms with Crippen LogP contribution in [0.15, 0.2) is 0 Å². The third kappa shape index (κ3) is 4.63. The lowest BCUT2D eigenvalue weighted by Crippen LogP contribution is -2.20. The smallest absolute Gasteiger partial charge is 0.321 e. The van der Waals surface area contributed by atoms with Gasteiger partial charge in [0.2, 0.25) is 0 Å². The molecule has 0 amide bonds. The topological polar surface area (TPSA) is 18.5 Å². The van der Waals surface area contributed by atoms with Crippen molar-refractivity contribution in [3.8, 4) is 0 Å². The van der Waals surface area contributed by atoms with Crippen molar-refractivity contribution in [2.24, 2.45) is 5.92 Å². The molecule has 0 atom stereocenters. The summed E-state index contributed by atoms with van der Waals surface area (Å²) in [5.41, 5.74) is 0. The van der Waals surface area contributed by atoms with Crippen molar-refractivity contribution in [2.75, 3.05) is 14.2 Å². The third-order valence-corrected chi connectivity index (χ3v) is 3.57. The molecule has 0 unspecified atom stereocenters. The highest BCUT2D eigenvalue weighted by Gasteiger charge is 2.10. The highest BCUT2D eigenvalue weighted by molar-refractivity contribution is 6.44. The molecule has 0 aromatic rings. The molecule has 9 heavy (non-hydrogen) atoms. The standard InChI is InChI=1S/C6H16O2Si/c1-6(2)5-9(7-3)8-4/h6,9H,5H2,1-4H3. The molecule has 0 aliphatic heterocycles. The number of hydrogen-bond donors (Lipinski definition) is 0. The quantitative estimate of drug-likeness (QED) is 0.557. The van der Waals surface area contributed by atoms with E-state index in [-0.39, 0.29) is 0 Å². The molecule has 56 valence electrons. The minimum Gasteiger partial charge on any atom is -0.400 e. The normalized spacial score (nSPS) is 11.3. The Hall–Kier alpha value is 0.137. The predicted molar refractivity (Wildman–Crippen MR) is 40.8 cm³/mol. The maximum Gasteiger partial charge on any atom is 0.321 e. The lowest BCUT2D eigenvalue weighted by molar-refractivity contribution is 0.272. The van der Waals surface area contributed by atoms with Gasteiger partial charge in [0.1, 0.15) is 0 Å². The predicted octanol–water partition coefficient (Wildman–Crippen LogP) is 1.16. The van der Waals surface area contributed by atoms with E-state index in [4.69, 9.17) is 8.85 Å². The Bertz CT molecular complexity index is 62.1. The summed E-state index contributed by atoms with van der Waals surface area (Å²) in [6, 6.07) is 1.10. The van der Waals surface area contributed by atoms with Gasteiger partial charge in [0.15, 0.2) is 0 Å². The zero-order valence-corrected chi connectivity index (χ0v) is 7.83. The zero-order valence-electron chi connectivity index (χ0n) is 6.68.